The minimum Gasteiger partial charge on any atom is -0.480 e. The predicted molar refractivity (Wildman–Crippen MR) is 58.9 cm³/mol. The number of carboxylic acids is 1. The van der Waals surface area contributed by atoms with Crippen LogP contribution in [0.2, 0.25) is 0 Å². The molecule has 1 atom stereocenters. The number of nitrogens with one attached hydrogen (secondary N) is 1. The Kier molecular flexibility index (Phi) is 5.63. The summed E-state index contributed by atoms with van der Waals surface area (Å²) in [6.45, 7) is 3.53. The van der Waals surface area contributed by atoms with Crippen molar-refractivity contribution in [3.8, 4) is 0 Å². The Morgan fingerprint density at radius 1 is 1.28 bits per heavy atom. The summed E-state index contributed by atoms with van der Waals surface area (Å²) in [5.74, 6) is -2.15. The molecule has 0 bridgehead atoms. The molecule has 0 spiro atoms. The highest BCUT2D eigenvalue weighted by atomic mass is 19.4. The second-order valence-electron chi connectivity index (χ2n) is 4.81. The molecule has 2 N–H and O–H groups in total. The molecule has 0 rings (SSSR count). The van der Waals surface area contributed by atoms with Gasteiger partial charge in [-0.2, -0.15) is 13.2 Å². The maximum absolute atomic E-state index is 12.5. The summed E-state index contributed by atoms with van der Waals surface area (Å²) in [5, 5.41) is 10.9. The van der Waals surface area contributed by atoms with Crippen LogP contribution in [0, 0.1) is 5.41 Å². The van der Waals surface area contributed by atoms with Crippen LogP contribution in [0.4, 0.5) is 13.2 Å². The van der Waals surface area contributed by atoms with E-state index in [4.69, 9.17) is 5.11 Å². The normalized spacial score (nSPS) is 14.1. The third-order valence-corrected chi connectivity index (χ3v) is 2.58. The largest absolute Gasteiger partial charge is 0.480 e. The van der Waals surface area contributed by atoms with E-state index >= 15 is 0 Å². The van der Waals surface area contributed by atoms with Gasteiger partial charge in [-0.05, 0) is 6.42 Å². The van der Waals surface area contributed by atoms with Gasteiger partial charge in [0.25, 0.3) is 0 Å². The lowest BCUT2D eigenvalue weighted by molar-refractivity contribution is -0.213. The first kappa shape index (κ1) is 16.7. The third kappa shape index (κ3) is 4.93. The lowest BCUT2D eigenvalue weighted by atomic mass is 9.88. The molecule has 106 valence electrons. The number of amides is 1. The molecule has 1 unspecified atom stereocenters. The van der Waals surface area contributed by atoms with Crippen molar-refractivity contribution in [2.24, 2.45) is 5.41 Å². The van der Waals surface area contributed by atoms with Crippen molar-refractivity contribution in [2.45, 2.75) is 52.3 Å². The van der Waals surface area contributed by atoms with Crippen molar-refractivity contribution in [2.75, 3.05) is 0 Å². The quantitative estimate of drug-likeness (QED) is 0.777. The molecular weight excluding hydrogens is 251 g/mol. The van der Waals surface area contributed by atoms with E-state index in [0.717, 1.165) is 13.8 Å². The Morgan fingerprint density at radius 3 is 2.11 bits per heavy atom. The topological polar surface area (TPSA) is 66.4 Å². The monoisotopic (exact) mass is 269 g/mol. The molecule has 18 heavy (non-hydrogen) atoms. The Hall–Kier alpha value is -1.27. The molecule has 0 aromatic rings. The van der Waals surface area contributed by atoms with E-state index in [-0.39, 0.29) is 6.42 Å². The number of alkyl halides is 3. The number of carboxylic acid groups (broad SMARTS) is 1. The molecule has 1 amide bonds. The molecule has 0 aliphatic rings. The molecule has 7 heteroatoms. The summed E-state index contributed by atoms with van der Waals surface area (Å²) < 4.78 is 37.6. The molecule has 4 nitrogen and oxygen atoms in total. The van der Waals surface area contributed by atoms with E-state index in [0.29, 0.717) is 6.42 Å². The summed E-state index contributed by atoms with van der Waals surface area (Å²) >= 11 is 0. The zero-order valence-electron chi connectivity index (χ0n) is 10.6. The standard InChI is InChI=1S/C11H18F3NO3/c1-4-5-7(9(17)18)15-8(16)6-10(2,3)11(12,13)14/h7H,4-6H2,1-3H3,(H,15,16)(H,17,18). The van der Waals surface area contributed by atoms with Crippen LogP contribution in [0.3, 0.4) is 0 Å². The van der Waals surface area contributed by atoms with Crippen LogP contribution in [0.25, 0.3) is 0 Å². The van der Waals surface area contributed by atoms with Gasteiger partial charge in [0.1, 0.15) is 6.04 Å². The van der Waals surface area contributed by atoms with E-state index in [1.54, 1.807) is 6.92 Å². The molecule has 0 radical (unpaired) electrons. The van der Waals surface area contributed by atoms with Crippen molar-refractivity contribution in [1.82, 2.24) is 5.32 Å². The van der Waals surface area contributed by atoms with Crippen LogP contribution in [0.15, 0.2) is 0 Å². The van der Waals surface area contributed by atoms with Crippen LogP contribution < -0.4 is 5.32 Å². The number of hydrogen-bond acceptors (Lipinski definition) is 2. The Bertz CT molecular complexity index is 313. The van der Waals surface area contributed by atoms with E-state index in [2.05, 4.69) is 5.32 Å². The lowest BCUT2D eigenvalue weighted by Gasteiger charge is -2.27. The van der Waals surface area contributed by atoms with E-state index in [1.165, 1.54) is 0 Å². The molecular formula is C11H18F3NO3. The van der Waals surface area contributed by atoms with Gasteiger partial charge in [0, 0.05) is 6.42 Å². The summed E-state index contributed by atoms with van der Waals surface area (Å²) in [5.41, 5.74) is -2.17. The van der Waals surface area contributed by atoms with Crippen molar-refractivity contribution < 1.29 is 27.9 Å². The first-order valence-electron chi connectivity index (χ1n) is 5.60. The fourth-order valence-electron chi connectivity index (χ4n) is 1.29. The summed E-state index contributed by atoms with van der Waals surface area (Å²) in [6, 6.07) is -1.13. The van der Waals surface area contributed by atoms with Gasteiger partial charge in [0.2, 0.25) is 5.91 Å². The Morgan fingerprint density at radius 2 is 1.78 bits per heavy atom. The van der Waals surface area contributed by atoms with Crippen LogP contribution in [-0.2, 0) is 9.59 Å². The van der Waals surface area contributed by atoms with Crippen molar-refractivity contribution in [3.05, 3.63) is 0 Å². The fourth-order valence-corrected chi connectivity index (χ4v) is 1.29. The SMILES string of the molecule is CCCC(NC(=O)CC(C)(C)C(F)(F)F)C(=O)O. The van der Waals surface area contributed by atoms with Crippen LogP contribution in [-0.4, -0.2) is 29.2 Å². The van der Waals surface area contributed by atoms with E-state index in [9.17, 15) is 22.8 Å². The number of aliphatic carboxylic acids is 1. The molecule has 0 aliphatic heterocycles. The van der Waals surface area contributed by atoms with Crippen molar-refractivity contribution in [1.29, 1.82) is 0 Å². The van der Waals surface area contributed by atoms with Gasteiger partial charge in [-0.1, -0.05) is 27.2 Å². The summed E-state index contributed by atoms with van der Waals surface area (Å²) in [4.78, 5) is 22.2. The average molecular weight is 269 g/mol. The third-order valence-electron chi connectivity index (χ3n) is 2.58. The number of carbonyl (C=O) groups is 2. The summed E-state index contributed by atoms with van der Waals surface area (Å²) in [7, 11) is 0. The zero-order chi connectivity index (χ0) is 14.6. The van der Waals surface area contributed by atoms with E-state index in [1.807, 2.05) is 0 Å². The maximum Gasteiger partial charge on any atom is 0.394 e. The Balaban J connectivity index is 4.55. The van der Waals surface area contributed by atoms with Crippen LogP contribution >= 0.6 is 0 Å². The average Bonchev–Trinajstić information content (AvgIpc) is 2.13. The predicted octanol–water partition coefficient (Wildman–Crippen LogP) is 2.33. The van der Waals surface area contributed by atoms with Gasteiger partial charge in [0.15, 0.2) is 0 Å². The first-order valence-corrected chi connectivity index (χ1v) is 5.60. The molecule has 0 aromatic heterocycles. The summed E-state index contributed by atoms with van der Waals surface area (Å²) in [6.07, 6.45) is -4.59. The highest BCUT2D eigenvalue weighted by Crippen LogP contribution is 2.40. The molecule has 0 fully saturated rings. The Labute approximate surface area is 104 Å². The molecule has 0 saturated heterocycles. The van der Waals surface area contributed by atoms with E-state index < -0.39 is 35.9 Å². The van der Waals surface area contributed by atoms with Gasteiger partial charge in [-0.3, -0.25) is 4.79 Å². The van der Waals surface area contributed by atoms with Crippen molar-refractivity contribution >= 4 is 11.9 Å². The number of halogens is 3. The van der Waals surface area contributed by atoms with Gasteiger partial charge in [0.05, 0.1) is 5.41 Å². The van der Waals surface area contributed by atoms with Crippen molar-refractivity contribution in [3.63, 3.8) is 0 Å². The van der Waals surface area contributed by atoms with Gasteiger partial charge < -0.3 is 10.4 Å². The second-order valence-corrected chi connectivity index (χ2v) is 4.81. The highest BCUT2D eigenvalue weighted by molar-refractivity contribution is 5.83. The molecule has 0 heterocycles. The minimum atomic E-state index is -4.51. The maximum atomic E-state index is 12.5. The van der Waals surface area contributed by atoms with Crippen LogP contribution in [0.5, 0.6) is 0 Å². The smallest absolute Gasteiger partial charge is 0.394 e. The van der Waals surface area contributed by atoms with Crippen LogP contribution in [0.1, 0.15) is 40.0 Å². The minimum absolute atomic E-state index is 0.188. The van der Waals surface area contributed by atoms with Gasteiger partial charge >= 0.3 is 12.1 Å². The highest BCUT2D eigenvalue weighted by Gasteiger charge is 2.48. The number of rotatable bonds is 6. The molecule has 0 aliphatic carbocycles. The lowest BCUT2D eigenvalue weighted by Crippen LogP contribution is -2.44. The molecule has 0 aromatic carbocycles. The second kappa shape index (κ2) is 6.06. The van der Waals surface area contributed by atoms with Gasteiger partial charge in [-0.15, -0.1) is 0 Å². The number of hydrogen-bond donors (Lipinski definition) is 2. The fraction of sp³-hybridized carbons (Fsp3) is 0.818. The number of carbonyl (C=O) groups excluding carboxylic acids is 1. The zero-order valence-corrected chi connectivity index (χ0v) is 10.6. The first-order chi connectivity index (χ1) is 8.01. The molecule has 0 saturated carbocycles. The van der Waals surface area contributed by atoms with Gasteiger partial charge in [-0.25, -0.2) is 4.79 Å².